The second-order valence-electron chi connectivity index (χ2n) is 6.87. The number of methoxy groups -OCH3 is 1. The Kier molecular flexibility index (Phi) is 5.66. The number of para-hydroxylation sites is 1. The zero-order valence-electron chi connectivity index (χ0n) is 16.2. The summed E-state index contributed by atoms with van der Waals surface area (Å²) in [4.78, 5) is 2.51. The van der Waals surface area contributed by atoms with Crippen LogP contribution in [0.5, 0.6) is 5.75 Å². The molecule has 7 nitrogen and oxygen atoms in total. The first kappa shape index (κ1) is 19.6. The van der Waals surface area contributed by atoms with E-state index in [1.54, 1.807) is 35.7 Å². The number of aromatic nitrogens is 1. The molecule has 8 heteroatoms. The summed E-state index contributed by atoms with van der Waals surface area (Å²) in [5.41, 5.74) is 1.60. The van der Waals surface area contributed by atoms with Crippen LogP contribution in [0.2, 0.25) is 0 Å². The number of benzene rings is 2. The third kappa shape index (κ3) is 4.19. The third-order valence-electron chi connectivity index (χ3n) is 5.03. The molecule has 4 rings (SSSR count). The molecule has 0 radical (unpaired) electrons. The van der Waals surface area contributed by atoms with Crippen LogP contribution in [0.3, 0.4) is 0 Å². The zero-order chi connectivity index (χ0) is 20.3. The fourth-order valence-corrected chi connectivity index (χ4v) is 4.90. The molecule has 2 aromatic carbocycles. The van der Waals surface area contributed by atoms with Gasteiger partial charge in [0.2, 0.25) is 10.0 Å². The van der Waals surface area contributed by atoms with Crippen LogP contribution >= 0.6 is 0 Å². The smallest absolute Gasteiger partial charge is 0.243 e. The molecular formula is C21H23N3O4S. The maximum absolute atomic E-state index is 12.7. The Hall–Kier alpha value is -2.68. The summed E-state index contributed by atoms with van der Waals surface area (Å²) in [5.74, 6) is 1.48. The predicted octanol–water partition coefficient (Wildman–Crippen LogP) is 2.86. The molecule has 0 N–H and O–H groups in total. The lowest BCUT2D eigenvalue weighted by Crippen LogP contribution is -2.48. The minimum absolute atomic E-state index is 0.338. The Morgan fingerprint density at radius 2 is 1.69 bits per heavy atom. The van der Waals surface area contributed by atoms with E-state index < -0.39 is 10.0 Å². The van der Waals surface area contributed by atoms with Crippen LogP contribution in [-0.4, -0.2) is 56.1 Å². The first-order valence-corrected chi connectivity index (χ1v) is 10.9. The van der Waals surface area contributed by atoms with Gasteiger partial charge in [-0.15, -0.1) is 0 Å². The molecule has 0 atom stereocenters. The average Bonchev–Trinajstić information content (AvgIpc) is 3.23. The molecular weight excluding hydrogens is 390 g/mol. The first-order chi connectivity index (χ1) is 14.1. The molecule has 0 unspecified atom stereocenters. The van der Waals surface area contributed by atoms with E-state index >= 15 is 0 Å². The highest BCUT2D eigenvalue weighted by Crippen LogP contribution is 2.29. The van der Waals surface area contributed by atoms with Crippen LogP contribution in [0.15, 0.2) is 70.1 Å². The first-order valence-electron chi connectivity index (χ1n) is 9.44. The van der Waals surface area contributed by atoms with E-state index in [0.29, 0.717) is 37.6 Å². The summed E-state index contributed by atoms with van der Waals surface area (Å²) < 4.78 is 37.9. The molecule has 0 aliphatic carbocycles. The van der Waals surface area contributed by atoms with Crippen molar-refractivity contribution in [1.82, 2.24) is 14.4 Å². The molecule has 152 valence electrons. The highest BCUT2D eigenvalue weighted by molar-refractivity contribution is 7.89. The van der Waals surface area contributed by atoms with E-state index in [9.17, 15) is 8.42 Å². The zero-order valence-corrected chi connectivity index (χ0v) is 17.0. The molecule has 1 aromatic heterocycles. The van der Waals surface area contributed by atoms with Crippen LogP contribution < -0.4 is 4.74 Å². The number of rotatable bonds is 6. The van der Waals surface area contributed by atoms with Crippen LogP contribution in [0, 0.1) is 0 Å². The van der Waals surface area contributed by atoms with E-state index in [1.165, 1.54) is 0 Å². The number of hydrogen-bond acceptors (Lipinski definition) is 6. The van der Waals surface area contributed by atoms with Crippen molar-refractivity contribution in [2.45, 2.75) is 11.4 Å². The van der Waals surface area contributed by atoms with Crippen molar-refractivity contribution in [3.05, 3.63) is 66.4 Å². The van der Waals surface area contributed by atoms with Crippen molar-refractivity contribution in [2.24, 2.45) is 0 Å². The molecule has 2 heterocycles. The molecule has 0 bridgehead atoms. The van der Waals surface area contributed by atoms with Gasteiger partial charge in [-0.3, -0.25) is 4.90 Å². The second kappa shape index (κ2) is 8.36. The third-order valence-corrected chi connectivity index (χ3v) is 6.95. The lowest BCUT2D eigenvalue weighted by Gasteiger charge is -2.33. The van der Waals surface area contributed by atoms with Crippen molar-refractivity contribution in [2.75, 3.05) is 33.3 Å². The quantitative estimate of drug-likeness (QED) is 0.619. The second-order valence-corrected chi connectivity index (χ2v) is 8.81. The average molecular weight is 413 g/mol. The van der Waals surface area contributed by atoms with Gasteiger partial charge in [-0.25, -0.2) is 8.42 Å². The van der Waals surface area contributed by atoms with Crippen molar-refractivity contribution >= 4 is 10.0 Å². The minimum atomic E-state index is -3.44. The van der Waals surface area contributed by atoms with Gasteiger partial charge in [0, 0.05) is 37.8 Å². The van der Waals surface area contributed by atoms with E-state index in [0.717, 1.165) is 22.8 Å². The number of piperazine rings is 1. The summed E-state index contributed by atoms with van der Waals surface area (Å²) in [5, 5.41) is 4.17. The summed E-state index contributed by atoms with van der Waals surface area (Å²) in [6, 6.07) is 18.1. The van der Waals surface area contributed by atoms with Crippen molar-refractivity contribution in [3.63, 3.8) is 0 Å². The SMILES string of the molecule is COc1ccccc1-c1cc(CN2CCN(S(=O)(=O)c3ccccc3)CC2)on1. The van der Waals surface area contributed by atoms with Gasteiger partial charge in [0.1, 0.15) is 11.4 Å². The topological polar surface area (TPSA) is 75.9 Å². The fourth-order valence-electron chi connectivity index (χ4n) is 3.46. The Morgan fingerprint density at radius 1 is 1.00 bits per heavy atom. The molecule has 0 saturated carbocycles. The molecule has 1 saturated heterocycles. The van der Waals surface area contributed by atoms with Gasteiger partial charge in [0.25, 0.3) is 0 Å². The summed E-state index contributed by atoms with van der Waals surface area (Å²) in [7, 11) is -1.81. The lowest BCUT2D eigenvalue weighted by atomic mass is 10.1. The molecule has 1 aliphatic heterocycles. The van der Waals surface area contributed by atoms with Gasteiger partial charge in [-0.2, -0.15) is 4.31 Å². The van der Waals surface area contributed by atoms with E-state index in [2.05, 4.69) is 10.1 Å². The van der Waals surface area contributed by atoms with Crippen LogP contribution in [0.25, 0.3) is 11.3 Å². The predicted molar refractivity (Wildman–Crippen MR) is 109 cm³/mol. The number of hydrogen-bond donors (Lipinski definition) is 0. The summed E-state index contributed by atoms with van der Waals surface area (Å²) >= 11 is 0. The van der Waals surface area contributed by atoms with Gasteiger partial charge in [0.15, 0.2) is 5.76 Å². The van der Waals surface area contributed by atoms with Gasteiger partial charge in [-0.1, -0.05) is 35.5 Å². The monoisotopic (exact) mass is 413 g/mol. The Morgan fingerprint density at radius 3 is 2.41 bits per heavy atom. The van der Waals surface area contributed by atoms with E-state index in [1.807, 2.05) is 36.4 Å². The Balaban J connectivity index is 1.39. The van der Waals surface area contributed by atoms with Crippen molar-refractivity contribution < 1.29 is 17.7 Å². The van der Waals surface area contributed by atoms with E-state index in [4.69, 9.17) is 9.26 Å². The van der Waals surface area contributed by atoms with Gasteiger partial charge in [-0.05, 0) is 24.3 Å². The summed E-state index contributed by atoms with van der Waals surface area (Å²) in [6.07, 6.45) is 0. The maximum Gasteiger partial charge on any atom is 0.243 e. The normalized spacial score (nSPS) is 16.0. The summed E-state index contributed by atoms with van der Waals surface area (Å²) in [6.45, 7) is 2.75. The largest absolute Gasteiger partial charge is 0.496 e. The highest BCUT2D eigenvalue weighted by atomic mass is 32.2. The molecule has 0 amide bonds. The standard InChI is InChI=1S/C21H23N3O4S/c1-27-21-10-6-5-9-19(21)20-15-17(28-22-20)16-23-11-13-24(14-12-23)29(25,26)18-7-3-2-4-8-18/h2-10,15H,11-14,16H2,1H3. The van der Waals surface area contributed by atoms with Gasteiger partial charge in [0.05, 0.1) is 18.6 Å². The fraction of sp³-hybridized carbons (Fsp3) is 0.286. The highest BCUT2D eigenvalue weighted by Gasteiger charge is 2.28. The number of ether oxygens (including phenoxy) is 1. The molecule has 29 heavy (non-hydrogen) atoms. The van der Waals surface area contributed by atoms with Crippen molar-refractivity contribution in [1.29, 1.82) is 0 Å². The molecule has 0 spiro atoms. The number of sulfonamides is 1. The Bertz CT molecular complexity index is 1060. The number of nitrogens with zero attached hydrogens (tertiary/aromatic N) is 3. The maximum atomic E-state index is 12.7. The van der Waals surface area contributed by atoms with Crippen LogP contribution in [-0.2, 0) is 16.6 Å². The van der Waals surface area contributed by atoms with Gasteiger partial charge < -0.3 is 9.26 Å². The lowest BCUT2D eigenvalue weighted by molar-refractivity contribution is 0.166. The van der Waals surface area contributed by atoms with Gasteiger partial charge >= 0.3 is 0 Å². The Labute approximate surface area is 170 Å². The van der Waals surface area contributed by atoms with Crippen LogP contribution in [0.1, 0.15) is 5.76 Å². The molecule has 3 aromatic rings. The molecule has 1 fully saturated rings. The van der Waals surface area contributed by atoms with Crippen LogP contribution in [0.4, 0.5) is 0 Å². The molecule has 1 aliphatic rings. The van der Waals surface area contributed by atoms with E-state index in [-0.39, 0.29) is 0 Å². The minimum Gasteiger partial charge on any atom is -0.496 e. The van der Waals surface area contributed by atoms with Crippen molar-refractivity contribution in [3.8, 4) is 17.0 Å².